The molecule has 1 N–H and O–H groups in total. The van der Waals surface area contributed by atoms with Gasteiger partial charge in [-0.3, -0.25) is 0 Å². The zero-order valence-electron chi connectivity index (χ0n) is 14.0. The molecule has 2 rings (SSSR count). The van der Waals surface area contributed by atoms with E-state index in [0.29, 0.717) is 0 Å². The highest BCUT2D eigenvalue weighted by molar-refractivity contribution is 7.89. The van der Waals surface area contributed by atoms with E-state index in [2.05, 4.69) is 25.5 Å². The van der Waals surface area contributed by atoms with Crippen LogP contribution in [0.4, 0.5) is 4.39 Å². The van der Waals surface area contributed by atoms with Crippen LogP contribution in [0.15, 0.2) is 53.4 Å². The number of para-hydroxylation sites is 1. The van der Waals surface area contributed by atoms with Crippen LogP contribution in [0.5, 0.6) is 5.75 Å². The molecule has 0 saturated carbocycles. The van der Waals surface area contributed by atoms with Crippen LogP contribution in [0.3, 0.4) is 0 Å². The lowest BCUT2D eigenvalue weighted by Crippen LogP contribution is -2.28. The number of halogens is 1. The normalized spacial score (nSPS) is 12.2. The lowest BCUT2D eigenvalue weighted by Gasteiger charge is -2.19. The zero-order valence-corrected chi connectivity index (χ0v) is 14.9. The number of sulfonamides is 1. The van der Waals surface area contributed by atoms with Crippen molar-refractivity contribution >= 4 is 10.0 Å². The highest BCUT2D eigenvalue weighted by atomic mass is 32.2. The van der Waals surface area contributed by atoms with Crippen LogP contribution in [0.1, 0.15) is 26.3 Å². The minimum atomic E-state index is -3.61. The fraction of sp³-hybridized carbons (Fsp3) is 0.333. The predicted molar refractivity (Wildman–Crippen MR) is 92.2 cm³/mol. The van der Waals surface area contributed by atoms with E-state index in [1.807, 2.05) is 12.1 Å². The molecular weight excluding hydrogens is 329 g/mol. The van der Waals surface area contributed by atoms with Crippen LogP contribution >= 0.6 is 0 Å². The van der Waals surface area contributed by atoms with Gasteiger partial charge < -0.3 is 4.74 Å². The molecule has 0 heterocycles. The van der Waals surface area contributed by atoms with Gasteiger partial charge in [0.15, 0.2) is 11.6 Å². The third-order valence-corrected chi connectivity index (χ3v) is 5.00. The van der Waals surface area contributed by atoms with E-state index in [1.165, 1.54) is 12.1 Å². The molecule has 0 fully saturated rings. The van der Waals surface area contributed by atoms with E-state index < -0.39 is 15.8 Å². The molecule has 6 heteroatoms. The lowest BCUT2D eigenvalue weighted by atomic mass is 9.87. The summed E-state index contributed by atoms with van der Waals surface area (Å²) in [5.74, 6) is -0.371. The molecule has 0 spiro atoms. The molecule has 0 amide bonds. The van der Waals surface area contributed by atoms with Gasteiger partial charge in [0.2, 0.25) is 10.0 Å². The molecule has 130 valence electrons. The summed E-state index contributed by atoms with van der Waals surface area (Å²) in [6, 6.07) is 12.8. The zero-order chi connectivity index (χ0) is 17.8. The lowest BCUT2D eigenvalue weighted by molar-refractivity contribution is 0.306. The molecular formula is C18H22FNO3S. The molecule has 2 aromatic rings. The maximum Gasteiger partial charge on any atom is 0.240 e. The van der Waals surface area contributed by atoms with E-state index in [9.17, 15) is 12.8 Å². The summed E-state index contributed by atoms with van der Waals surface area (Å²) < 4.78 is 45.5. The van der Waals surface area contributed by atoms with Crippen molar-refractivity contribution in [3.8, 4) is 5.75 Å². The van der Waals surface area contributed by atoms with E-state index in [1.54, 1.807) is 24.3 Å². The van der Waals surface area contributed by atoms with Gasteiger partial charge in [-0.2, -0.15) is 0 Å². The maximum atomic E-state index is 13.4. The van der Waals surface area contributed by atoms with Gasteiger partial charge in [0, 0.05) is 6.54 Å². The first kappa shape index (κ1) is 18.4. The van der Waals surface area contributed by atoms with Gasteiger partial charge in [-0.25, -0.2) is 17.5 Å². The Hall–Kier alpha value is -1.92. The van der Waals surface area contributed by atoms with Crippen LogP contribution in [0.2, 0.25) is 0 Å². The van der Waals surface area contributed by atoms with E-state index in [4.69, 9.17) is 4.74 Å². The Labute approximate surface area is 142 Å². The number of ether oxygens (including phenoxy) is 1. The summed E-state index contributed by atoms with van der Waals surface area (Å²) in [6.07, 6.45) is 0. The summed E-state index contributed by atoms with van der Waals surface area (Å²) in [6.45, 7) is 6.29. The minimum Gasteiger partial charge on any atom is -0.489 e. The Kier molecular flexibility index (Phi) is 5.62. The first-order valence-electron chi connectivity index (χ1n) is 7.68. The third-order valence-electron chi connectivity index (χ3n) is 3.52. The van der Waals surface area contributed by atoms with Crippen LogP contribution in [-0.4, -0.2) is 21.6 Å². The smallest absolute Gasteiger partial charge is 0.240 e. The Bertz CT molecular complexity index is 781. The number of nitrogens with one attached hydrogen (secondary N) is 1. The summed E-state index contributed by atoms with van der Waals surface area (Å²) in [5, 5.41) is 0. The van der Waals surface area contributed by atoms with Crippen LogP contribution < -0.4 is 9.46 Å². The van der Waals surface area contributed by atoms with Gasteiger partial charge in [-0.1, -0.05) is 45.0 Å². The standard InChI is InChI=1S/C18H22FNO3S/c1-18(2,3)14-8-10-15(11-9-14)24(21,22)20-12-13-23-17-7-5-4-6-16(17)19/h4-11,20H,12-13H2,1-3H3. The van der Waals surface area contributed by atoms with Crippen molar-refractivity contribution in [1.82, 2.24) is 4.72 Å². The van der Waals surface area contributed by atoms with E-state index in [-0.39, 0.29) is 29.2 Å². The van der Waals surface area contributed by atoms with Crippen LogP contribution in [0, 0.1) is 5.82 Å². The molecule has 0 bridgehead atoms. The van der Waals surface area contributed by atoms with Gasteiger partial charge in [-0.15, -0.1) is 0 Å². The van der Waals surface area contributed by atoms with Crippen LogP contribution in [0.25, 0.3) is 0 Å². The Morgan fingerprint density at radius 1 is 1.04 bits per heavy atom. The van der Waals surface area contributed by atoms with Crippen molar-refractivity contribution in [3.05, 3.63) is 59.9 Å². The molecule has 0 aliphatic carbocycles. The number of benzene rings is 2. The summed E-state index contributed by atoms with van der Waals surface area (Å²) >= 11 is 0. The van der Waals surface area contributed by atoms with Gasteiger partial charge in [0.1, 0.15) is 6.61 Å². The van der Waals surface area contributed by atoms with Gasteiger partial charge in [-0.05, 0) is 35.2 Å². The molecule has 0 atom stereocenters. The van der Waals surface area contributed by atoms with Crippen molar-refractivity contribution in [2.45, 2.75) is 31.1 Å². The molecule has 0 unspecified atom stereocenters. The highest BCUT2D eigenvalue weighted by Crippen LogP contribution is 2.23. The average Bonchev–Trinajstić information content (AvgIpc) is 2.52. The fourth-order valence-corrected chi connectivity index (χ4v) is 3.13. The molecule has 0 aliphatic rings. The molecule has 24 heavy (non-hydrogen) atoms. The minimum absolute atomic E-state index is 0.0384. The number of hydrogen-bond acceptors (Lipinski definition) is 3. The summed E-state index contributed by atoms with van der Waals surface area (Å²) in [7, 11) is -3.61. The summed E-state index contributed by atoms with van der Waals surface area (Å²) in [4.78, 5) is 0.196. The third kappa shape index (κ3) is 4.79. The topological polar surface area (TPSA) is 55.4 Å². The van der Waals surface area contributed by atoms with Crippen molar-refractivity contribution in [1.29, 1.82) is 0 Å². The van der Waals surface area contributed by atoms with Crippen molar-refractivity contribution < 1.29 is 17.5 Å². The van der Waals surface area contributed by atoms with Crippen molar-refractivity contribution in [2.24, 2.45) is 0 Å². The van der Waals surface area contributed by atoms with Crippen molar-refractivity contribution in [2.75, 3.05) is 13.2 Å². The van der Waals surface area contributed by atoms with Gasteiger partial charge >= 0.3 is 0 Å². The molecule has 0 radical (unpaired) electrons. The molecule has 4 nitrogen and oxygen atoms in total. The van der Waals surface area contributed by atoms with Gasteiger partial charge in [0.05, 0.1) is 4.90 Å². The monoisotopic (exact) mass is 351 g/mol. The molecule has 0 aliphatic heterocycles. The number of rotatable bonds is 6. The predicted octanol–water partition coefficient (Wildman–Crippen LogP) is 3.48. The van der Waals surface area contributed by atoms with Gasteiger partial charge in [0.25, 0.3) is 0 Å². The second kappa shape index (κ2) is 7.32. The Morgan fingerprint density at radius 2 is 1.67 bits per heavy atom. The first-order valence-corrected chi connectivity index (χ1v) is 9.16. The second-order valence-electron chi connectivity index (χ2n) is 6.45. The Balaban J connectivity index is 1.93. The SMILES string of the molecule is CC(C)(C)c1ccc(S(=O)(=O)NCCOc2ccccc2F)cc1. The molecule has 2 aromatic carbocycles. The summed E-state index contributed by atoms with van der Waals surface area (Å²) in [5.41, 5.74) is 1.02. The average molecular weight is 351 g/mol. The van der Waals surface area contributed by atoms with E-state index >= 15 is 0 Å². The van der Waals surface area contributed by atoms with Crippen molar-refractivity contribution in [3.63, 3.8) is 0 Å². The fourth-order valence-electron chi connectivity index (χ4n) is 2.12. The first-order chi connectivity index (χ1) is 11.2. The maximum absolute atomic E-state index is 13.4. The largest absolute Gasteiger partial charge is 0.489 e. The highest BCUT2D eigenvalue weighted by Gasteiger charge is 2.17. The molecule has 0 saturated heterocycles. The quantitative estimate of drug-likeness (QED) is 0.811. The van der Waals surface area contributed by atoms with Crippen LogP contribution in [-0.2, 0) is 15.4 Å². The Morgan fingerprint density at radius 3 is 2.25 bits per heavy atom. The second-order valence-corrected chi connectivity index (χ2v) is 8.22. The van der Waals surface area contributed by atoms with E-state index in [0.717, 1.165) is 5.56 Å². The molecule has 0 aromatic heterocycles. The number of hydrogen-bond donors (Lipinski definition) is 1.